The molecule has 1 fully saturated rings. The molecule has 1 aliphatic rings. The maximum atomic E-state index is 12.1. The summed E-state index contributed by atoms with van der Waals surface area (Å²) in [6.45, 7) is 6.92. The molecule has 0 aromatic carbocycles. The number of carbonyl (C=O) groups is 1. The first-order valence-corrected chi connectivity index (χ1v) is 6.90. The van der Waals surface area contributed by atoms with Gasteiger partial charge in [0.25, 0.3) is 0 Å². The van der Waals surface area contributed by atoms with E-state index in [4.69, 9.17) is 10.5 Å². The lowest BCUT2D eigenvalue weighted by Crippen LogP contribution is -2.44. The first-order chi connectivity index (χ1) is 8.34. The van der Waals surface area contributed by atoms with Crippen LogP contribution in [0.25, 0.3) is 0 Å². The van der Waals surface area contributed by atoms with Gasteiger partial charge < -0.3 is 15.8 Å². The Bertz CT molecular complexity index is 279. The van der Waals surface area contributed by atoms with Gasteiger partial charge in [-0.3, -0.25) is 4.79 Å². The van der Waals surface area contributed by atoms with Crippen LogP contribution in [0.3, 0.4) is 0 Å². The van der Waals surface area contributed by atoms with Gasteiger partial charge in [-0.25, -0.2) is 0 Å². The molecule has 114 valence electrons. The zero-order chi connectivity index (χ0) is 13.8. The monoisotopic (exact) mass is 292 g/mol. The van der Waals surface area contributed by atoms with Crippen LogP contribution in [0.5, 0.6) is 0 Å². The summed E-state index contributed by atoms with van der Waals surface area (Å²) < 4.78 is 5.43. The largest absolute Gasteiger partial charge is 0.379 e. The predicted molar refractivity (Wildman–Crippen MR) is 80.4 cm³/mol. The fourth-order valence-corrected chi connectivity index (χ4v) is 2.55. The van der Waals surface area contributed by atoms with Gasteiger partial charge in [-0.05, 0) is 24.7 Å². The van der Waals surface area contributed by atoms with Crippen LogP contribution in [0.2, 0.25) is 0 Å². The molecule has 0 aliphatic heterocycles. The van der Waals surface area contributed by atoms with Crippen LogP contribution in [0.4, 0.5) is 0 Å². The number of amides is 1. The Hall–Kier alpha value is -0.320. The van der Waals surface area contributed by atoms with E-state index in [1.807, 2.05) is 0 Å². The summed E-state index contributed by atoms with van der Waals surface area (Å²) in [4.78, 5) is 12.1. The molecule has 0 spiro atoms. The van der Waals surface area contributed by atoms with E-state index in [1.165, 1.54) is 0 Å². The van der Waals surface area contributed by atoms with Crippen LogP contribution in [0.15, 0.2) is 0 Å². The molecule has 1 saturated carbocycles. The van der Waals surface area contributed by atoms with E-state index in [9.17, 15) is 4.79 Å². The summed E-state index contributed by atoms with van der Waals surface area (Å²) in [7, 11) is 1.69. The first-order valence-electron chi connectivity index (χ1n) is 6.90. The molecular weight excluding hydrogens is 264 g/mol. The second kappa shape index (κ2) is 8.08. The minimum atomic E-state index is 0. The van der Waals surface area contributed by atoms with Crippen molar-refractivity contribution in [3.05, 3.63) is 0 Å². The number of nitrogens with one attached hydrogen (secondary N) is 1. The fourth-order valence-electron chi connectivity index (χ4n) is 2.55. The Balaban J connectivity index is 0.00000324. The third-order valence-corrected chi connectivity index (χ3v) is 3.80. The lowest BCUT2D eigenvalue weighted by molar-refractivity contribution is -0.127. The average molecular weight is 293 g/mol. The second-order valence-electron chi connectivity index (χ2n) is 6.46. The maximum absolute atomic E-state index is 12.1. The quantitative estimate of drug-likeness (QED) is 0.834. The van der Waals surface area contributed by atoms with E-state index < -0.39 is 0 Å². The van der Waals surface area contributed by atoms with Crippen molar-refractivity contribution in [1.29, 1.82) is 0 Å². The van der Waals surface area contributed by atoms with E-state index >= 15 is 0 Å². The molecule has 0 bridgehead atoms. The highest BCUT2D eigenvalue weighted by Gasteiger charge is 2.28. The summed E-state index contributed by atoms with van der Waals surface area (Å²) in [5.74, 6) is 0.225. The Kier molecular flexibility index (Phi) is 7.94. The predicted octanol–water partition coefficient (Wildman–Crippen LogP) is 2.10. The number of nitrogens with two attached hydrogens (primary N) is 1. The van der Waals surface area contributed by atoms with E-state index in [-0.39, 0.29) is 41.8 Å². The Morgan fingerprint density at radius 2 is 2.05 bits per heavy atom. The molecule has 1 amide bonds. The molecule has 19 heavy (non-hydrogen) atoms. The van der Waals surface area contributed by atoms with Crippen molar-refractivity contribution >= 4 is 18.3 Å². The summed E-state index contributed by atoms with van der Waals surface area (Å²) in [6.07, 6.45) is 3.93. The number of ether oxygens (including phenoxy) is 1. The average Bonchev–Trinajstić information content (AvgIpc) is 2.27. The molecule has 0 aromatic rings. The maximum Gasteiger partial charge on any atom is 0.223 e. The van der Waals surface area contributed by atoms with Crippen molar-refractivity contribution in [2.75, 3.05) is 13.7 Å². The van der Waals surface area contributed by atoms with Gasteiger partial charge in [-0.15, -0.1) is 12.4 Å². The highest BCUT2D eigenvalue weighted by atomic mass is 35.5. The minimum Gasteiger partial charge on any atom is -0.379 e. The first kappa shape index (κ1) is 18.7. The lowest BCUT2D eigenvalue weighted by atomic mass is 9.85. The highest BCUT2D eigenvalue weighted by Crippen LogP contribution is 2.24. The van der Waals surface area contributed by atoms with Gasteiger partial charge in [0.1, 0.15) is 0 Å². The van der Waals surface area contributed by atoms with Gasteiger partial charge in [0.2, 0.25) is 5.91 Å². The van der Waals surface area contributed by atoms with Crippen molar-refractivity contribution in [2.45, 2.75) is 58.6 Å². The Morgan fingerprint density at radius 1 is 1.42 bits per heavy atom. The van der Waals surface area contributed by atoms with Gasteiger partial charge >= 0.3 is 0 Å². The van der Waals surface area contributed by atoms with E-state index in [2.05, 4.69) is 26.1 Å². The summed E-state index contributed by atoms with van der Waals surface area (Å²) in [5.41, 5.74) is 5.94. The Labute approximate surface area is 123 Å². The van der Waals surface area contributed by atoms with Crippen LogP contribution in [0, 0.1) is 11.3 Å². The standard InChI is InChI=1S/C14H28N2O2.ClH/c1-14(2,3)12(18-4)9-16-13(17)10-6-5-7-11(15)8-10;/h10-12H,5-9,15H2,1-4H3,(H,16,17);1H. The van der Waals surface area contributed by atoms with Gasteiger partial charge in [0, 0.05) is 25.6 Å². The number of hydrogen-bond acceptors (Lipinski definition) is 3. The lowest BCUT2D eigenvalue weighted by Gasteiger charge is -2.31. The summed E-state index contributed by atoms with van der Waals surface area (Å²) in [6, 6.07) is 0.190. The van der Waals surface area contributed by atoms with Crippen molar-refractivity contribution in [3.63, 3.8) is 0 Å². The molecule has 0 radical (unpaired) electrons. The number of rotatable bonds is 4. The molecule has 0 heterocycles. The third-order valence-electron chi connectivity index (χ3n) is 3.80. The molecule has 1 rings (SSSR count). The molecule has 3 unspecified atom stereocenters. The van der Waals surface area contributed by atoms with Gasteiger partial charge in [0.05, 0.1) is 6.10 Å². The zero-order valence-electron chi connectivity index (χ0n) is 12.6. The number of halogens is 1. The molecule has 0 saturated heterocycles. The van der Waals surface area contributed by atoms with Gasteiger partial charge in [-0.1, -0.05) is 27.2 Å². The molecular formula is C14H29ClN2O2. The molecule has 1 aliphatic carbocycles. The summed E-state index contributed by atoms with van der Waals surface area (Å²) in [5, 5.41) is 3.01. The number of methoxy groups -OCH3 is 1. The van der Waals surface area contributed by atoms with Crippen LogP contribution in [-0.2, 0) is 9.53 Å². The van der Waals surface area contributed by atoms with Crippen LogP contribution in [0.1, 0.15) is 46.5 Å². The number of carbonyl (C=O) groups excluding carboxylic acids is 1. The van der Waals surface area contributed by atoms with Crippen LogP contribution < -0.4 is 11.1 Å². The van der Waals surface area contributed by atoms with Crippen molar-refractivity contribution in [3.8, 4) is 0 Å². The molecule has 4 nitrogen and oxygen atoms in total. The fraction of sp³-hybridized carbons (Fsp3) is 0.929. The van der Waals surface area contributed by atoms with Crippen LogP contribution >= 0.6 is 12.4 Å². The summed E-state index contributed by atoms with van der Waals surface area (Å²) >= 11 is 0. The van der Waals surface area contributed by atoms with E-state index in [0.29, 0.717) is 6.54 Å². The van der Waals surface area contributed by atoms with E-state index in [0.717, 1.165) is 25.7 Å². The second-order valence-corrected chi connectivity index (χ2v) is 6.46. The van der Waals surface area contributed by atoms with Gasteiger partial charge in [-0.2, -0.15) is 0 Å². The van der Waals surface area contributed by atoms with Crippen molar-refractivity contribution in [1.82, 2.24) is 5.32 Å². The topological polar surface area (TPSA) is 64.3 Å². The molecule has 0 aromatic heterocycles. The SMILES string of the molecule is COC(CNC(=O)C1CCCC(N)C1)C(C)(C)C.Cl. The van der Waals surface area contributed by atoms with Crippen LogP contribution in [-0.4, -0.2) is 31.7 Å². The van der Waals surface area contributed by atoms with Crippen molar-refractivity contribution < 1.29 is 9.53 Å². The van der Waals surface area contributed by atoms with Crippen molar-refractivity contribution in [2.24, 2.45) is 17.1 Å². The van der Waals surface area contributed by atoms with E-state index in [1.54, 1.807) is 7.11 Å². The minimum absolute atomic E-state index is 0. The normalized spacial score (nSPS) is 25.3. The molecule has 3 N–H and O–H groups in total. The molecule has 5 heteroatoms. The number of hydrogen-bond donors (Lipinski definition) is 2. The highest BCUT2D eigenvalue weighted by molar-refractivity contribution is 5.85. The van der Waals surface area contributed by atoms with Gasteiger partial charge in [0.15, 0.2) is 0 Å². The Morgan fingerprint density at radius 3 is 2.53 bits per heavy atom. The third kappa shape index (κ3) is 6.11. The molecule has 3 atom stereocenters. The zero-order valence-corrected chi connectivity index (χ0v) is 13.4. The smallest absolute Gasteiger partial charge is 0.223 e.